The number of nitrogens with one attached hydrogen (secondary N) is 1. The van der Waals surface area contributed by atoms with Crippen LogP contribution in [-0.2, 0) is 20.9 Å². The Morgan fingerprint density at radius 1 is 1.00 bits per heavy atom. The van der Waals surface area contributed by atoms with Gasteiger partial charge in [-0.25, -0.2) is 0 Å². The van der Waals surface area contributed by atoms with Gasteiger partial charge in [-0.3, -0.25) is 9.59 Å². The number of hydrogen-bond donors (Lipinski definition) is 1. The molecular weight excluding hydrogens is 370 g/mol. The van der Waals surface area contributed by atoms with Gasteiger partial charge >= 0.3 is 5.97 Å². The Morgan fingerprint density at radius 3 is 2.31 bits per heavy atom. The van der Waals surface area contributed by atoms with E-state index in [0.29, 0.717) is 18.0 Å². The first kappa shape index (κ1) is 22.3. The van der Waals surface area contributed by atoms with Gasteiger partial charge in [0, 0.05) is 6.54 Å². The van der Waals surface area contributed by atoms with Crippen LogP contribution in [0.25, 0.3) is 0 Å². The molecule has 2 rings (SSSR count). The molecule has 29 heavy (non-hydrogen) atoms. The molecule has 1 N–H and O–H groups in total. The third-order valence-corrected chi connectivity index (χ3v) is 4.91. The van der Waals surface area contributed by atoms with Gasteiger partial charge in [0.05, 0.1) is 20.1 Å². The summed E-state index contributed by atoms with van der Waals surface area (Å²) in [6.07, 6.45) is 0.833. The molecule has 2 aromatic carbocycles. The first-order valence-corrected chi connectivity index (χ1v) is 9.69. The van der Waals surface area contributed by atoms with Gasteiger partial charge in [-0.2, -0.15) is 0 Å². The van der Waals surface area contributed by atoms with Gasteiger partial charge in [0.15, 0.2) is 18.1 Å². The molecule has 0 radical (unpaired) electrons. The fourth-order valence-corrected chi connectivity index (χ4v) is 3.06. The van der Waals surface area contributed by atoms with Crippen LogP contribution in [0.5, 0.6) is 11.5 Å². The van der Waals surface area contributed by atoms with Crippen LogP contribution in [0.4, 0.5) is 0 Å². The highest BCUT2D eigenvalue weighted by Crippen LogP contribution is 2.29. The Hall–Kier alpha value is -3.02. The maximum Gasteiger partial charge on any atom is 0.314 e. The van der Waals surface area contributed by atoms with Crippen LogP contribution >= 0.6 is 0 Å². The predicted octanol–water partition coefficient (Wildman–Crippen LogP) is 3.69. The topological polar surface area (TPSA) is 73.9 Å². The molecule has 6 heteroatoms. The first-order valence-electron chi connectivity index (χ1n) is 9.69. The number of ether oxygens (including phenoxy) is 3. The van der Waals surface area contributed by atoms with Gasteiger partial charge < -0.3 is 19.5 Å². The van der Waals surface area contributed by atoms with E-state index in [1.807, 2.05) is 50.2 Å². The monoisotopic (exact) mass is 399 g/mol. The highest BCUT2D eigenvalue weighted by molar-refractivity contribution is 5.83. The van der Waals surface area contributed by atoms with Gasteiger partial charge in [0.2, 0.25) is 0 Å². The lowest BCUT2D eigenvalue weighted by Gasteiger charge is -2.21. The Kier molecular flexibility index (Phi) is 8.52. The van der Waals surface area contributed by atoms with Gasteiger partial charge in [-0.05, 0) is 29.2 Å². The molecule has 0 aliphatic carbocycles. The summed E-state index contributed by atoms with van der Waals surface area (Å²) in [5.74, 6) is 0.189. The minimum Gasteiger partial charge on any atom is -0.493 e. The Balaban J connectivity index is 1.91. The number of amides is 1. The SMILES string of the molecule is CC[C@@H](C)[C@@H](C(=O)OCC(=O)NCc1ccc(OC)c(OC)c1)c1ccccc1. The van der Waals surface area contributed by atoms with E-state index in [9.17, 15) is 9.59 Å². The second kappa shape index (κ2) is 11.1. The van der Waals surface area contributed by atoms with Gasteiger partial charge in [0.1, 0.15) is 0 Å². The van der Waals surface area contributed by atoms with Crippen LogP contribution in [0, 0.1) is 5.92 Å². The summed E-state index contributed by atoms with van der Waals surface area (Å²) < 4.78 is 15.8. The molecule has 0 fully saturated rings. The van der Waals surface area contributed by atoms with Crippen molar-refractivity contribution in [3.8, 4) is 11.5 Å². The Bertz CT molecular complexity index is 806. The molecule has 2 aromatic rings. The number of carbonyl (C=O) groups excluding carboxylic acids is 2. The Labute approximate surface area is 172 Å². The van der Waals surface area contributed by atoms with E-state index in [4.69, 9.17) is 14.2 Å². The normalized spacial score (nSPS) is 12.6. The maximum atomic E-state index is 12.6. The molecule has 156 valence electrons. The zero-order valence-electron chi connectivity index (χ0n) is 17.4. The first-order chi connectivity index (χ1) is 14.0. The van der Waals surface area contributed by atoms with Crippen molar-refractivity contribution < 1.29 is 23.8 Å². The average molecular weight is 399 g/mol. The van der Waals surface area contributed by atoms with Gasteiger partial charge in [0.25, 0.3) is 5.91 Å². The quantitative estimate of drug-likeness (QED) is 0.617. The highest BCUT2D eigenvalue weighted by Gasteiger charge is 2.27. The number of hydrogen-bond acceptors (Lipinski definition) is 5. The second-order valence-corrected chi connectivity index (χ2v) is 6.85. The van der Waals surface area contributed by atoms with Crippen LogP contribution in [0.3, 0.4) is 0 Å². The summed E-state index contributed by atoms with van der Waals surface area (Å²) in [6.45, 7) is 4.02. The maximum absolute atomic E-state index is 12.6. The van der Waals surface area contributed by atoms with Crippen molar-refractivity contribution in [2.24, 2.45) is 5.92 Å². The lowest BCUT2D eigenvalue weighted by atomic mass is 9.86. The van der Waals surface area contributed by atoms with E-state index in [1.165, 1.54) is 0 Å². The standard InChI is InChI=1S/C23H29NO5/c1-5-16(2)22(18-9-7-6-8-10-18)23(26)29-15-21(25)24-14-17-11-12-19(27-3)20(13-17)28-4/h6-13,16,22H,5,14-15H2,1-4H3,(H,24,25)/t16-,22-/m1/s1. The van der Waals surface area contributed by atoms with Crippen LogP contribution < -0.4 is 14.8 Å². The van der Waals surface area contributed by atoms with E-state index >= 15 is 0 Å². The largest absolute Gasteiger partial charge is 0.493 e. The number of esters is 1. The molecule has 0 heterocycles. The minimum atomic E-state index is -0.389. The lowest BCUT2D eigenvalue weighted by Crippen LogP contribution is -2.30. The van der Waals surface area contributed by atoms with E-state index in [1.54, 1.807) is 26.4 Å². The van der Waals surface area contributed by atoms with E-state index < -0.39 is 0 Å². The summed E-state index contributed by atoms with van der Waals surface area (Å²) >= 11 is 0. The summed E-state index contributed by atoms with van der Waals surface area (Å²) in [5, 5.41) is 2.75. The molecule has 0 aromatic heterocycles. The molecule has 1 amide bonds. The van der Waals surface area contributed by atoms with Crippen molar-refractivity contribution in [1.82, 2.24) is 5.32 Å². The molecule has 2 atom stereocenters. The zero-order chi connectivity index (χ0) is 21.2. The summed E-state index contributed by atoms with van der Waals surface area (Å²) in [4.78, 5) is 24.8. The van der Waals surface area contributed by atoms with E-state index in [0.717, 1.165) is 17.5 Å². The average Bonchev–Trinajstić information content (AvgIpc) is 2.76. The summed E-state index contributed by atoms with van der Waals surface area (Å²) in [5.41, 5.74) is 1.75. The van der Waals surface area contributed by atoms with Gasteiger partial charge in [-0.1, -0.05) is 56.7 Å². The molecule has 0 bridgehead atoms. The van der Waals surface area contributed by atoms with Crippen molar-refractivity contribution in [2.45, 2.75) is 32.7 Å². The number of methoxy groups -OCH3 is 2. The zero-order valence-corrected chi connectivity index (χ0v) is 17.4. The smallest absolute Gasteiger partial charge is 0.314 e. The van der Waals surface area contributed by atoms with E-state index in [-0.39, 0.29) is 30.3 Å². The fourth-order valence-electron chi connectivity index (χ4n) is 3.06. The van der Waals surface area contributed by atoms with Crippen molar-refractivity contribution >= 4 is 11.9 Å². The molecule has 6 nitrogen and oxygen atoms in total. The molecule has 0 aliphatic heterocycles. The van der Waals surface area contributed by atoms with Crippen LogP contribution in [0.1, 0.15) is 37.3 Å². The van der Waals surface area contributed by atoms with Crippen molar-refractivity contribution in [1.29, 1.82) is 0 Å². The van der Waals surface area contributed by atoms with Crippen molar-refractivity contribution in [2.75, 3.05) is 20.8 Å². The number of benzene rings is 2. The summed E-state index contributed by atoms with van der Waals surface area (Å²) in [7, 11) is 3.12. The van der Waals surface area contributed by atoms with Crippen LogP contribution in [-0.4, -0.2) is 32.7 Å². The highest BCUT2D eigenvalue weighted by atomic mass is 16.5. The van der Waals surface area contributed by atoms with Crippen LogP contribution in [0.15, 0.2) is 48.5 Å². The molecule has 0 aliphatic rings. The molecular formula is C23H29NO5. The fraction of sp³-hybridized carbons (Fsp3) is 0.391. The van der Waals surface area contributed by atoms with Crippen molar-refractivity contribution in [3.05, 3.63) is 59.7 Å². The van der Waals surface area contributed by atoms with Crippen molar-refractivity contribution in [3.63, 3.8) is 0 Å². The second-order valence-electron chi connectivity index (χ2n) is 6.85. The third kappa shape index (κ3) is 6.24. The molecule has 0 spiro atoms. The third-order valence-electron chi connectivity index (χ3n) is 4.91. The molecule has 0 unspecified atom stereocenters. The molecule has 0 saturated heterocycles. The number of rotatable bonds is 10. The number of carbonyl (C=O) groups is 2. The van der Waals surface area contributed by atoms with Crippen LogP contribution in [0.2, 0.25) is 0 Å². The lowest BCUT2D eigenvalue weighted by molar-refractivity contribution is -0.151. The van der Waals surface area contributed by atoms with Gasteiger partial charge in [-0.15, -0.1) is 0 Å². The summed E-state index contributed by atoms with van der Waals surface area (Å²) in [6, 6.07) is 14.9. The predicted molar refractivity (Wildman–Crippen MR) is 111 cm³/mol. The minimum absolute atomic E-state index is 0.111. The molecule has 0 saturated carbocycles. The van der Waals surface area contributed by atoms with E-state index in [2.05, 4.69) is 5.32 Å². The Morgan fingerprint density at radius 2 is 1.69 bits per heavy atom.